The molecule has 0 saturated heterocycles. The molecule has 0 radical (unpaired) electrons. The molecule has 1 aliphatic rings. The molecular formula is C11H22O2S. The summed E-state index contributed by atoms with van der Waals surface area (Å²) in [5.74, 6) is 1.37. The van der Waals surface area contributed by atoms with Crippen molar-refractivity contribution >= 4 is 11.1 Å². The predicted molar refractivity (Wildman–Crippen MR) is 60.7 cm³/mol. The average molecular weight is 218 g/mol. The molecule has 1 saturated carbocycles. The lowest BCUT2D eigenvalue weighted by Crippen LogP contribution is -2.00. The van der Waals surface area contributed by atoms with Crippen LogP contribution < -0.4 is 0 Å². The molecule has 1 aliphatic carbocycles. The molecule has 0 amide bonds. The molecule has 3 heteroatoms. The highest BCUT2D eigenvalue weighted by Crippen LogP contribution is 2.26. The second-order valence-corrected chi connectivity index (χ2v) is 5.43. The molecule has 1 atom stereocenters. The summed E-state index contributed by atoms with van der Waals surface area (Å²) in [4.78, 5) is 0. The Morgan fingerprint density at radius 3 is 2.29 bits per heavy atom. The van der Waals surface area contributed by atoms with Crippen LogP contribution in [0.3, 0.4) is 0 Å². The zero-order valence-corrected chi connectivity index (χ0v) is 9.73. The monoisotopic (exact) mass is 218 g/mol. The van der Waals surface area contributed by atoms with Crippen LogP contribution in [-0.4, -0.2) is 14.5 Å². The van der Waals surface area contributed by atoms with Crippen molar-refractivity contribution in [2.75, 3.05) is 5.75 Å². The first-order valence-electron chi connectivity index (χ1n) is 5.86. The minimum atomic E-state index is -1.58. The van der Waals surface area contributed by atoms with Gasteiger partial charge in [0, 0.05) is 5.75 Å². The first kappa shape index (κ1) is 12.2. The molecule has 0 heterocycles. The first-order valence-corrected chi connectivity index (χ1v) is 7.14. The van der Waals surface area contributed by atoms with Crippen LogP contribution in [0.2, 0.25) is 0 Å². The Balaban J connectivity index is 2.01. The van der Waals surface area contributed by atoms with E-state index in [1.54, 1.807) is 0 Å². The van der Waals surface area contributed by atoms with Crippen molar-refractivity contribution in [2.45, 2.75) is 57.8 Å². The highest BCUT2D eigenvalue weighted by atomic mass is 32.2. The van der Waals surface area contributed by atoms with Gasteiger partial charge in [0.2, 0.25) is 0 Å². The van der Waals surface area contributed by atoms with Gasteiger partial charge in [0.15, 0.2) is 11.1 Å². The molecule has 0 aromatic rings. The van der Waals surface area contributed by atoms with Gasteiger partial charge >= 0.3 is 0 Å². The molecule has 0 bridgehead atoms. The SMILES string of the molecule is O=S(O)CCCCC1CCCCCC1. The lowest BCUT2D eigenvalue weighted by atomic mass is 9.94. The Bertz CT molecular complexity index is 163. The van der Waals surface area contributed by atoms with Crippen LogP contribution in [0, 0.1) is 5.92 Å². The second-order valence-electron chi connectivity index (χ2n) is 4.38. The van der Waals surface area contributed by atoms with Gasteiger partial charge < -0.3 is 4.55 Å². The Labute approximate surface area is 89.8 Å². The van der Waals surface area contributed by atoms with E-state index in [1.165, 1.54) is 44.9 Å². The molecular weight excluding hydrogens is 196 g/mol. The molecule has 0 aliphatic heterocycles. The van der Waals surface area contributed by atoms with E-state index in [0.29, 0.717) is 5.75 Å². The molecule has 84 valence electrons. The summed E-state index contributed by atoms with van der Waals surface area (Å²) >= 11 is -1.58. The van der Waals surface area contributed by atoms with Gasteiger partial charge in [0.25, 0.3) is 0 Å². The van der Waals surface area contributed by atoms with Crippen molar-refractivity contribution in [1.82, 2.24) is 0 Å². The zero-order chi connectivity index (χ0) is 10.2. The molecule has 14 heavy (non-hydrogen) atoms. The summed E-state index contributed by atoms with van der Waals surface area (Å²) in [5.41, 5.74) is 0. The fraction of sp³-hybridized carbons (Fsp3) is 1.00. The van der Waals surface area contributed by atoms with Gasteiger partial charge in [-0.15, -0.1) is 0 Å². The Kier molecular flexibility index (Phi) is 6.45. The van der Waals surface area contributed by atoms with Gasteiger partial charge in [0.1, 0.15) is 0 Å². The molecule has 1 rings (SSSR count). The van der Waals surface area contributed by atoms with E-state index in [-0.39, 0.29) is 0 Å². The molecule has 2 nitrogen and oxygen atoms in total. The largest absolute Gasteiger partial charge is 0.306 e. The van der Waals surface area contributed by atoms with E-state index in [9.17, 15) is 4.21 Å². The topological polar surface area (TPSA) is 37.3 Å². The maximum absolute atomic E-state index is 10.4. The summed E-state index contributed by atoms with van der Waals surface area (Å²) in [6.45, 7) is 0. The number of rotatable bonds is 5. The lowest BCUT2D eigenvalue weighted by Gasteiger charge is -2.12. The number of unbranched alkanes of at least 4 members (excludes halogenated alkanes) is 1. The number of hydrogen-bond acceptors (Lipinski definition) is 1. The first-order chi connectivity index (χ1) is 6.79. The van der Waals surface area contributed by atoms with Gasteiger partial charge in [-0.1, -0.05) is 51.4 Å². The molecule has 1 fully saturated rings. The number of hydrogen-bond donors (Lipinski definition) is 1. The van der Waals surface area contributed by atoms with Crippen molar-refractivity contribution in [1.29, 1.82) is 0 Å². The fourth-order valence-electron chi connectivity index (χ4n) is 2.31. The Hall–Kier alpha value is 0.110. The summed E-state index contributed by atoms with van der Waals surface area (Å²) < 4.78 is 19.0. The summed E-state index contributed by atoms with van der Waals surface area (Å²) in [6, 6.07) is 0. The van der Waals surface area contributed by atoms with Crippen molar-refractivity contribution in [3.63, 3.8) is 0 Å². The van der Waals surface area contributed by atoms with Crippen molar-refractivity contribution in [3.05, 3.63) is 0 Å². The van der Waals surface area contributed by atoms with E-state index in [4.69, 9.17) is 4.55 Å². The van der Waals surface area contributed by atoms with Gasteiger partial charge in [0.05, 0.1) is 0 Å². The Morgan fingerprint density at radius 1 is 1.07 bits per heavy atom. The standard InChI is InChI=1S/C11H22O2S/c12-14(13)10-6-5-9-11-7-3-1-2-4-8-11/h11H,1-10H2,(H,12,13). The maximum atomic E-state index is 10.4. The van der Waals surface area contributed by atoms with Gasteiger partial charge in [-0.3, -0.25) is 0 Å². The second kappa shape index (κ2) is 7.41. The maximum Gasteiger partial charge on any atom is 0.152 e. The fourth-order valence-corrected chi connectivity index (χ4v) is 2.76. The van der Waals surface area contributed by atoms with Gasteiger partial charge in [-0.05, 0) is 12.3 Å². The third-order valence-corrected chi connectivity index (χ3v) is 3.79. The predicted octanol–water partition coefficient (Wildman–Crippen LogP) is 3.35. The summed E-state index contributed by atoms with van der Waals surface area (Å²) in [6.07, 6.45) is 11.7. The normalized spacial score (nSPS) is 21.8. The molecule has 1 unspecified atom stereocenters. The van der Waals surface area contributed by atoms with E-state index in [1.807, 2.05) is 0 Å². The molecule has 0 spiro atoms. The third kappa shape index (κ3) is 5.76. The molecule has 0 aromatic carbocycles. The van der Waals surface area contributed by atoms with Crippen LogP contribution in [0.4, 0.5) is 0 Å². The minimum Gasteiger partial charge on any atom is -0.306 e. The van der Waals surface area contributed by atoms with Crippen LogP contribution in [0.15, 0.2) is 0 Å². The molecule has 1 N–H and O–H groups in total. The lowest BCUT2D eigenvalue weighted by molar-refractivity contribution is 0.413. The van der Waals surface area contributed by atoms with Gasteiger partial charge in [-0.25, -0.2) is 4.21 Å². The summed E-state index contributed by atoms with van der Waals surface area (Å²) in [5, 5.41) is 0. The van der Waals surface area contributed by atoms with Crippen LogP contribution in [0.5, 0.6) is 0 Å². The van der Waals surface area contributed by atoms with E-state index < -0.39 is 11.1 Å². The van der Waals surface area contributed by atoms with E-state index in [0.717, 1.165) is 18.8 Å². The van der Waals surface area contributed by atoms with Gasteiger partial charge in [-0.2, -0.15) is 0 Å². The van der Waals surface area contributed by atoms with Crippen LogP contribution >= 0.6 is 0 Å². The highest BCUT2D eigenvalue weighted by Gasteiger charge is 2.11. The highest BCUT2D eigenvalue weighted by molar-refractivity contribution is 7.79. The van der Waals surface area contributed by atoms with Crippen molar-refractivity contribution in [2.24, 2.45) is 5.92 Å². The van der Waals surface area contributed by atoms with Crippen LogP contribution in [0.1, 0.15) is 57.8 Å². The van der Waals surface area contributed by atoms with Crippen molar-refractivity contribution < 1.29 is 8.76 Å². The van der Waals surface area contributed by atoms with E-state index >= 15 is 0 Å². The quantitative estimate of drug-likeness (QED) is 0.436. The summed E-state index contributed by atoms with van der Waals surface area (Å²) in [7, 11) is 0. The average Bonchev–Trinajstić information content (AvgIpc) is 2.40. The Morgan fingerprint density at radius 2 is 1.71 bits per heavy atom. The smallest absolute Gasteiger partial charge is 0.152 e. The zero-order valence-electron chi connectivity index (χ0n) is 8.91. The van der Waals surface area contributed by atoms with E-state index in [2.05, 4.69) is 0 Å². The third-order valence-electron chi connectivity index (χ3n) is 3.16. The van der Waals surface area contributed by atoms with Crippen LogP contribution in [0.25, 0.3) is 0 Å². The van der Waals surface area contributed by atoms with Crippen LogP contribution in [-0.2, 0) is 11.1 Å². The van der Waals surface area contributed by atoms with Crippen molar-refractivity contribution in [3.8, 4) is 0 Å². The minimum absolute atomic E-state index is 0.465. The molecule has 0 aromatic heterocycles.